The third kappa shape index (κ3) is 4.44. The molecule has 9 heteroatoms. The van der Waals surface area contributed by atoms with Crippen LogP contribution in [0.15, 0.2) is 60.9 Å². The zero-order chi connectivity index (χ0) is 25.4. The zero-order valence-corrected chi connectivity index (χ0v) is 20.4. The van der Waals surface area contributed by atoms with Crippen molar-refractivity contribution in [1.29, 1.82) is 0 Å². The van der Waals surface area contributed by atoms with Crippen molar-refractivity contribution < 1.29 is 9.18 Å². The van der Waals surface area contributed by atoms with E-state index < -0.39 is 5.91 Å². The van der Waals surface area contributed by atoms with Gasteiger partial charge in [-0.2, -0.15) is 10.2 Å². The molecule has 0 aliphatic rings. The topological polar surface area (TPSA) is 77.6 Å². The molecule has 3 heterocycles. The van der Waals surface area contributed by atoms with Crippen molar-refractivity contribution in [1.82, 2.24) is 24.5 Å². The molecule has 178 valence electrons. The summed E-state index contributed by atoms with van der Waals surface area (Å²) in [5.74, 6) is 5.63. The molecule has 3 aromatic heterocycles. The average Bonchev–Trinajstić information content (AvgIpc) is 3.37. The number of aryl methyl sites for hydroxylation is 3. The predicted molar refractivity (Wildman–Crippen MR) is 137 cm³/mol. The van der Waals surface area contributed by atoms with E-state index in [1.54, 1.807) is 40.9 Å². The second-order valence-corrected chi connectivity index (χ2v) is 8.64. The number of hydrogen-bond donors (Lipinski definition) is 1. The molecular weight excluding hydrogens is 479 g/mol. The molecule has 0 bridgehead atoms. The number of fused-ring (bicyclic) bond motifs is 1. The minimum Gasteiger partial charge on any atom is -0.306 e. The predicted octanol–water partition coefficient (Wildman–Crippen LogP) is 5.12. The van der Waals surface area contributed by atoms with E-state index in [1.165, 1.54) is 12.1 Å². The maximum absolute atomic E-state index is 13.3. The molecular formula is C27H20ClFN6O. The Morgan fingerprint density at radius 3 is 2.50 bits per heavy atom. The summed E-state index contributed by atoms with van der Waals surface area (Å²) >= 11 is 6.39. The molecule has 0 unspecified atom stereocenters. The molecule has 2 aromatic carbocycles. The van der Waals surface area contributed by atoms with Gasteiger partial charge in [-0.25, -0.2) is 9.37 Å². The number of nitrogens with zero attached hydrogens (tertiary/aromatic N) is 5. The van der Waals surface area contributed by atoms with Crippen LogP contribution in [0.4, 0.5) is 10.2 Å². The number of rotatable bonds is 3. The van der Waals surface area contributed by atoms with Gasteiger partial charge in [0.15, 0.2) is 5.15 Å². The Kier molecular flexibility index (Phi) is 6.00. The molecule has 7 nitrogen and oxygen atoms in total. The standard InChI is InChI=1S/C27H20ClFN6O/c1-16-12-18(5-4-17-6-9-21(29)10-7-17)14-30-26(16)32-27(36)23-24(35(3)33-25(23)28)19-8-11-22-20(13-19)15-31-34(22)2/h6-15H,1-3H3,(H,30,32,36). The second kappa shape index (κ2) is 9.29. The van der Waals surface area contributed by atoms with Crippen molar-refractivity contribution in [2.24, 2.45) is 14.1 Å². The number of nitrogens with one attached hydrogen (secondary N) is 1. The normalized spacial score (nSPS) is 10.8. The van der Waals surface area contributed by atoms with Gasteiger partial charge >= 0.3 is 0 Å². The van der Waals surface area contributed by atoms with E-state index in [2.05, 4.69) is 32.3 Å². The summed E-state index contributed by atoms with van der Waals surface area (Å²) in [5, 5.41) is 12.4. The maximum atomic E-state index is 13.3. The number of benzene rings is 2. The maximum Gasteiger partial charge on any atom is 0.262 e. The number of hydrogen-bond acceptors (Lipinski definition) is 4. The lowest BCUT2D eigenvalue weighted by molar-refractivity contribution is 0.102. The number of pyridine rings is 1. The molecule has 0 radical (unpaired) electrons. The first kappa shape index (κ1) is 23.3. The zero-order valence-electron chi connectivity index (χ0n) is 19.7. The number of anilines is 1. The first-order valence-electron chi connectivity index (χ1n) is 11.0. The molecule has 0 aliphatic heterocycles. The third-order valence-corrected chi connectivity index (χ3v) is 6.02. The number of halogens is 2. The van der Waals surface area contributed by atoms with Gasteiger partial charge in [-0.1, -0.05) is 29.5 Å². The highest BCUT2D eigenvalue weighted by Gasteiger charge is 2.24. The number of carbonyl (C=O) groups is 1. The van der Waals surface area contributed by atoms with Crippen LogP contribution in [0.25, 0.3) is 22.2 Å². The van der Waals surface area contributed by atoms with Crippen molar-refractivity contribution >= 4 is 34.2 Å². The molecule has 5 aromatic rings. The molecule has 0 fully saturated rings. The van der Waals surface area contributed by atoms with E-state index in [0.29, 0.717) is 22.6 Å². The largest absolute Gasteiger partial charge is 0.306 e. The smallest absolute Gasteiger partial charge is 0.262 e. The van der Waals surface area contributed by atoms with Crippen molar-refractivity contribution in [2.75, 3.05) is 5.32 Å². The van der Waals surface area contributed by atoms with E-state index in [1.807, 2.05) is 38.2 Å². The van der Waals surface area contributed by atoms with Crippen LogP contribution in [0.5, 0.6) is 0 Å². The number of carbonyl (C=O) groups excluding carboxylic acids is 1. The quantitative estimate of drug-likeness (QED) is 0.350. The summed E-state index contributed by atoms with van der Waals surface area (Å²) in [6.45, 7) is 1.83. The van der Waals surface area contributed by atoms with Gasteiger partial charge in [0.05, 0.1) is 17.4 Å². The Balaban J connectivity index is 1.42. The Morgan fingerprint density at radius 1 is 1.00 bits per heavy atom. The monoisotopic (exact) mass is 498 g/mol. The van der Waals surface area contributed by atoms with Crippen molar-refractivity contribution in [3.05, 3.63) is 94.1 Å². The summed E-state index contributed by atoms with van der Waals surface area (Å²) in [6.07, 6.45) is 3.34. The van der Waals surface area contributed by atoms with Gasteiger partial charge in [0.2, 0.25) is 0 Å². The van der Waals surface area contributed by atoms with Crippen LogP contribution in [-0.4, -0.2) is 30.5 Å². The second-order valence-electron chi connectivity index (χ2n) is 8.28. The minimum absolute atomic E-state index is 0.0933. The molecule has 0 spiro atoms. The lowest BCUT2D eigenvalue weighted by atomic mass is 10.1. The van der Waals surface area contributed by atoms with Crippen molar-refractivity contribution in [2.45, 2.75) is 6.92 Å². The van der Waals surface area contributed by atoms with E-state index in [-0.39, 0.29) is 16.5 Å². The van der Waals surface area contributed by atoms with Gasteiger partial charge in [-0.15, -0.1) is 0 Å². The summed E-state index contributed by atoms with van der Waals surface area (Å²) in [5.41, 5.74) is 4.69. The fourth-order valence-electron chi connectivity index (χ4n) is 3.96. The van der Waals surface area contributed by atoms with Crippen molar-refractivity contribution in [3.8, 4) is 23.1 Å². The van der Waals surface area contributed by atoms with Crippen LogP contribution < -0.4 is 5.32 Å². The fraction of sp³-hybridized carbons (Fsp3) is 0.111. The SMILES string of the molecule is Cc1cc(C#Cc2ccc(F)cc2)cnc1NC(=O)c1c(Cl)nn(C)c1-c1ccc2c(cnn2C)c1. The highest BCUT2D eigenvalue weighted by Crippen LogP contribution is 2.31. The molecule has 36 heavy (non-hydrogen) atoms. The molecule has 5 rings (SSSR count). The summed E-state index contributed by atoms with van der Waals surface area (Å²) in [7, 11) is 3.61. The molecule has 1 amide bonds. The molecule has 0 saturated carbocycles. The highest BCUT2D eigenvalue weighted by molar-refractivity contribution is 6.34. The highest BCUT2D eigenvalue weighted by atomic mass is 35.5. The van der Waals surface area contributed by atoms with Crippen LogP contribution in [0, 0.1) is 24.6 Å². The van der Waals surface area contributed by atoms with Crippen LogP contribution in [0.1, 0.15) is 27.0 Å². The van der Waals surface area contributed by atoms with Gasteiger partial charge in [-0.05, 0) is 55.0 Å². The Labute approximate surface area is 211 Å². The van der Waals surface area contributed by atoms with Gasteiger partial charge in [0.1, 0.15) is 17.2 Å². The summed E-state index contributed by atoms with van der Waals surface area (Å²) in [4.78, 5) is 17.7. The summed E-state index contributed by atoms with van der Waals surface area (Å²) < 4.78 is 16.4. The van der Waals surface area contributed by atoms with Gasteiger partial charge < -0.3 is 5.32 Å². The van der Waals surface area contributed by atoms with Gasteiger partial charge in [0, 0.05) is 42.4 Å². The first-order chi connectivity index (χ1) is 17.3. The lowest BCUT2D eigenvalue weighted by Crippen LogP contribution is -2.15. The first-order valence-corrected chi connectivity index (χ1v) is 11.4. The van der Waals surface area contributed by atoms with E-state index in [0.717, 1.165) is 22.0 Å². The van der Waals surface area contributed by atoms with Crippen molar-refractivity contribution in [3.63, 3.8) is 0 Å². The van der Waals surface area contributed by atoms with Crippen LogP contribution >= 0.6 is 11.6 Å². The molecule has 0 atom stereocenters. The minimum atomic E-state index is -0.421. The molecule has 0 saturated heterocycles. The van der Waals surface area contributed by atoms with E-state index in [4.69, 9.17) is 11.6 Å². The molecule has 0 aliphatic carbocycles. The third-order valence-electron chi connectivity index (χ3n) is 5.76. The van der Waals surface area contributed by atoms with E-state index in [9.17, 15) is 9.18 Å². The summed E-state index contributed by atoms with van der Waals surface area (Å²) in [6, 6.07) is 13.6. The number of amides is 1. The fourth-order valence-corrected chi connectivity index (χ4v) is 4.24. The van der Waals surface area contributed by atoms with Gasteiger partial charge in [0.25, 0.3) is 5.91 Å². The van der Waals surface area contributed by atoms with Crippen LogP contribution in [0.2, 0.25) is 5.15 Å². The Hall–Kier alpha value is -4.48. The van der Waals surface area contributed by atoms with E-state index >= 15 is 0 Å². The Bertz CT molecular complexity index is 1690. The average molecular weight is 499 g/mol. The van der Waals surface area contributed by atoms with Gasteiger partial charge in [-0.3, -0.25) is 14.2 Å². The Morgan fingerprint density at radius 2 is 1.75 bits per heavy atom. The van der Waals surface area contributed by atoms with Crippen LogP contribution in [0.3, 0.4) is 0 Å². The lowest BCUT2D eigenvalue weighted by Gasteiger charge is -2.10. The molecule has 1 N–H and O–H groups in total. The number of aromatic nitrogens is 5. The van der Waals surface area contributed by atoms with Crippen LogP contribution in [-0.2, 0) is 14.1 Å².